The highest BCUT2D eigenvalue weighted by Gasteiger charge is 2.19. The van der Waals surface area contributed by atoms with Crippen molar-refractivity contribution in [2.24, 2.45) is 0 Å². The molecule has 0 spiro atoms. The number of hydrogen-bond acceptors (Lipinski definition) is 2. The monoisotopic (exact) mass is 211 g/mol. The van der Waals surface area contributed by atoms with E-state index in [9.17, 15) is 5.26 Å². The maximum absolute atomic E-state index is 9.27. The van der Waals surface area contributed by atoms with E-state index in [1.165, 1.54) is 12.8 Å². The van der Waals surface area contributed by atoms with Crippen molar-refractivity contribution in [1.82, 2.24) is 4.98 Å². The van der Waals surface area contributed by atoms with Gasteiger partial charge >= 0.3 is 0 Å². The van der Waals surface area contributed by atoms with E-state index in [0.717, 1.165) is 35.4 Å². The molecule has 16 heavy (non-hydrogen) atoms. The molecule has 1 fully saturated rings. The molecular weight excluding hydrogens is 198 g/mol. The lowest BCUT2D eigenvalue weighted by molar-refractivity contribution is 0.946. The lowest BCUT2D eigenvalue weighted by Crippen LogP contribution is -2.18. The minimum atomic E-state index is 0.789. The fraction of sp³-hybridized carbons (Fsp3) is 0.308. The van der Waals surface area contributed by atoms with E-state index in [1.54, 1.807) is 0 Å². The van der Waals surface area contributed by atoms with Gasteiger partial charge in [-0.05, 0) is 18.9 Å². The van der Waals surface area contributed by atoms with Crippen LogP contribution in [0.4, 0.5) is 5.82 Å². The first-order valence-corrected chi connectivity index (χ1v) is 5.66. The average Bonchev–Trinajstić information content (AvgIpc) is 2.95. The summed E-state index contributed by atoms with van der Waals surface area (Å²) in [6.45, 7) is 2.11. The van der Waals surface area contributed by atoms with Crippen molar-refractivity contribution in [2.75, 3.05) is 18.0 Å². The Bertz CT molecular complexity index is 556. The van der Waals surface area contributed by atoms with E-state index >= 15 is 0 Å². The Morgan fingerprint density at radius 2 is 1.94 bits per heavy atom. The van der Waals surface area contributed by atoms with Gasteiger partial charge in [0.25, 0.3) is 0 Å². The highest BCUT2D eigenvalue weighted by molar-refractivity contribution is 5.91. The number of anilines is 1. The van der Waals surface area contributed by atoms with Crippen molar-refractivity contribution < 1.29 is 0 Å². The van der Waals surface area contributed by atoms with Crippen LogP contribution in [0.3, 0.4) is 0 Å². The Hall–Kier alpha value is -1.95. The molecule has 3 nitrogen and oxygen atoms in total. The van der Waals surface area contributed by atoms with Crippen molar-refractivity contribution in [3.05, 3.63) is 29.8 Å². The summed E-state index contributed by atoms with van der Waals surface area (Å²) in [6, 6.07) is 10.3. The van der Waals surface area contributed by atoms with Crippen LogP contribution in [0.15, 0.2) is 24.3 Å². The number of fused-ring (bicyclic) bond motifs is 1. The number of rotatable bonds is 1. The Balaban J connectivity index is 2.20. The number of nitrogens with zero attached hydrogens (tertiary/aromatic N) is 2. The van der Waals surface area contributed by atoms with Crippen LogP contribution in [0.2, 0.25) is 0 Å². The number of hydrogen-bond donors (Lipinski definition) is 1. The predicted molar refractivity (Wildman–Crippen MR) is 64.5 cm³/mol. The summed E-state index contributed by atoms with van der Waals surface area (Å²) in [7, 11) is 0. The smallest absolute Gasteiger partial charge is 0.125 e. The highest BCUT2D eigenvalue weighted by atomic mass is 15.2. The zero-order valence-corrected chi connectivity index (χ0v) is 9.03. The number of nitriles is 1. The summed E-state index contributed by atoms with van der Waals surface area (Å²) in [5, 5.41) is 10.3. The van der Waals surface area contributed by atoms with Crippen LogP contribution in [-0.4, -0.2) is 18.1 Å². The molecular formula is C13H13N3. The van der Waals surface area contributed by atoms with Gasteiger partial charge in [-0.2, -0.15) is 5.26 Å². The number of H-pyrrole nitrogens is 1. The van der Waals surface area contributed by atoms with Crippen molar-refractivity contribution >= 4 is 16.7 Å². The first-order chi connectivity index (χ1) is 7.90. The summed E-state index contributed by atoms with van der Waals surface area (Å²) >= 11 is 0. The highest BCUT2D eigenvalue weighted by Crippen LogP contribution is 2.30. The first-order valence-electron chi connectivity index (χ1n) is 5.66. The van der Waals surface area contributed by atoms with E-state index in [-0.39, 0.29) is 0 Å². The van der Waals surface area contributed by atoms with Crippen LogP contribution in [0, 0.1) is 11.3 Å². The van der Waals surface area contributed by atoms with Gasteiger partial charge in [0.1, 0.15) is 17.5 Å². The molecule has 0 aliphatic carbocycles. The van der Waals surface area contributed by atoms with Gasteiger partial charge in [-0.1, -0.05) is 18.2 Å². The maximum atomic E-state index is 9.27. The molecule has 0 unspecified atom stereocenters. The molecule has 2 aromatic rings. The lowest BCUT2D eigenvalue weighted by atomic mass is 10.2. The van der Waals surface area contributed by atoms with Gasteiger partial charge in [0, 0.05) is 24.0 Å². The topological polar surface area (TPSA) is 42.8 Å². The second-order valence-corrected chi connectivity index (χ2v) is 4.20. The lowest BCUT2D eigenvalue weighted by Gasteiger charge is -2.15. The second-order valence-electron chi connectivity index (χ2n) is 4.20. The second kappa shape index (κ2) is 3.57. The molecule has 0 bridgehead atoms. The van der Waals surface area contributed by atoms with E-state index in [2.05, 4.69) is 16.0 Å². The largest absolute Gasteiger partial charge is 0.357 e. The molecule has 1 aromatic carbocycles. The summed E-state index contributed by atoms with van der Waals surface area (Å²) < 4.78 is 0. The number of benzene rings is 1. The molecule has 0 saturated carbocycles. The van der Waals surface area contributed by atoms with E-state index < -0.39 is 0 Å². The third-order valence-corrected chi connectivity index (χ3v) is 3.22. The fourth-order valence-corrected chi connectivity index (χ4v) is 2.42. The predicted octanol–water partition coefficient (Wildman–Crippen LogP) is 2.64. The fourth-order valence-electron chi connectivity index (χ4n) is 2.42. The Kier molecular flexibility index (Phi) is 2.07. The third-order valence-electron chi connectivity index (χ3n) is 3.22. The van der Waals surface area contributed by atoms with Gasteiger partial charge in [0.15, 0.2) is 0 Å². The number of nitrogens with one attached hydrogen (secondary N) is 1. The normalized spacial score (nSPS) is 15.6. The van der Waals surface area contributed by atoms with Gasteiger partial charge in [-0.25, -0.2) is 0 Å². The molecule has 1 saturated heterocycles. The minimum Gasteiger partial charge on any atom is -0.357 e. The summed E-state index contributed by atoms with van der Waals surface area (Å²) in [6.07, 6.45) is 2.44. The van der Waals surface area contributed by atoms with E-state index in [1.807, 2.05) is 24.3 Å². The van der Waals surface area contributed by atoms with Gasteiger partial charge in [0.05, 0.1) is 0 Å². The first kappa shape index (κ1) is 9.29. The average molecular weight is 211 g/mol. The summed E-state index contributed by atoms with van der Waals surface area (Å²) in [5.74, 6) is 1.00. The molecule has 3 heteroatoms. The van der Waals surface area contributed by atoms with Crippen LogP contribution in [0.25, 0.3) is 10.9 Å². The number of aromatic amines is 1. The molecule has 1 aliphatic heterocycles. The SMILES string of the molecule is N#Cc1c(N2CCCC2)[nH]c2ccccc12. The van der Waals surface area contributed by atoms with Crippen molar-refractivity contribution in [1.29, 1.82) is 5.26 Å². The standard InChI is InChI=1S/C13H13N3/c14-9-11-10-5-1-2-6-12(10)15-13(11)16-7-3-4-8-16/h1-2,5-6,15H,3-4,7-8H2. The Morgan fingerprint density at radius 3 is 2.69 bits per heavy atom. The summed E-state index contributed by atoms with van der Waals surface area (Å²) in [4.78, 5) is 5.64. The van der Waals surface area contributed by atoms with Crippen molar-refractivity contribution in [3.63, 3.8) is 0 Å². The summed E-state index contributed by atoms with van der Waals surface area (Å²) in [5.41, 5.74) is 1.85. The maximum Gasteiger partial charge on any atom is 0.125 e. The molecule has 0 radical (unpaired) electrons. The van der Waals surface area contributed by atoms with Crippen LogP contribution < -0.4 is 4.90 Å². The van der Waals surface area contributed by atoms with E-state index in [4.69, 9.17) is 0 Å². The van der Waals surface area contributed by atoms with Crippen molar-refractivity contribution in [3.8, 4) is 6.07 Å². The Labute approximate surface area is 94.3 Å². The molecule has 2 heterocycles. The van der Waals surface area contributed by atoms with Crippen molar-refractivity contribution in [2.45, 2.75) is 12.8 Å². The quantitative estimate of drug-likeness (QED) is 0.788. The molecule has 0 atom stereocenters. The van der Waals surface area contributed by atoms with Gasteiger partial charge < -0.3 is 9.88 Å². The van der Waals surface area contributed by atoms with Gasteiger partial charge in [0.2, 0.25) is 0 Å². The molecule has 1 aliphatic rings. The molecule has 3 rings (SSSR count). The molecule has 80 valence electrons. The van der Waals surface area contributed by atoms with Gasteiger partial charge in [-0.3, -0.25) is 0 Å². The minimum absolute atomic E-state index is 0.789. The molecule has 1 aromatic heterocycles. The number of para-hydroxylation sites is 1. The molecule has 1 N–H and O–H groups in total. The molecule has 0 amide bonds. The van der Waals surface area contributed by atoms with Crippen LogP contribution in [0.1, 0.15) is 18.4 Å². The van der Waals surface area contributed by atoms with Crippen LogP contribution in [-0.2, 0) is 0 Å². The third kappa shape index (κ3) is 1.27. The zero-order chi connectivity index (χ0) is 11.0. The van der Waals surface area contributed by atoms with E-state index in [0.29, 0.717) is 0 Å². The van der Waals surface area contributed by atoms with Crippen LogP contribution >= 0.6 is 0 Å². The van der Waals surface area contributed by atoms with Crippen LogP contribution in [0.5, 0.6) is 0 Å². The number of aromatic nitrogens is 1. The Morgan fingerprint density at radius 1 is 1.19 bits per heavy atom. The zero-order valence-electron chi connectivity index (χ0n) is 9.03. The van der Waals surface area contributed by atoms with Gasteiger partial charge in [-0.15, -0.1) is 0 Å².